The van der Waals surface area contributed by atoms with E-state index in [4.69, 9.17) is 11.6 Å². The fraction of sp³-hybridized carbons (Fsp3) is 0.300. The Bertz CT molecular complexity index is 902. The van der Waals surface area contributed by atoms with Gasteiger partial charge in [0, 0.05) is 37.3 Å². The van der Waals surface area contributed by atoms with E-state index in [2.05, 4.69) is 65.9 Å². The van der Waals surface area contributed by atoms with Gasteiger partial charge in [-0.15, -0.1) is 11.3 Å². The number of aromatic nitrogens is 1. The third kappa shape index (κ3) is 2.92. The van der Waals surface area contributed by atoms with E-state index in [0.717, 1.165) is 30.4 Å². The van der Waals surface area contributed by atoms with E-state index in [1.807, 2.05) is 0 Å². The number of halogens is 1. The number of hydrogen-bond acceptors (Lipinski definition) is 2. The van der Waals surface area contributed by atoms with Crippen LogP contribution in [0.2, 0.25) is 4.34 Å². The zero-order valence-electron chi connectivity index (χ0n) is 14.1. The maximum Gasteiger partial charge on any atom is 0.0956 e. The lowest BCUT2D eigenvalue weighted by molar-refractivity contribution is 0.310. The average molecular weight is 357 g/mol. The molecule has 0 spiro atoms. The van der Waals surface area contributed by atoms with Crippen LogP contribution < -0.4 is 0 Å². The topological polar surface area (TPSA) is 8.17 Å². The summed E-state index contributed by atoms with van der Waals surface area (Å²) in [5.74, 6) is 0. The largest absolute Gasteiger partial charge is 0.340 e. The molecule has 0 saturated carbocycles. The van der Waals surface area contributed by atoms with Crippen LogP contribution in [0.15, 0.2) is 36.4 Å². The van der Waals surface area contributed by atoms with Crippen LogP contribution in [0.25, 0.3) is 16.3 Å². The Hall–Kier alpha value is -1.55. The first-order valence-electron chi connectivity index (χ1n) is 8.33. The van der Waals surface area contributed by atoms with Crippen LogP contribution in [0.4, 0.5) is 0 Å². The van der Waals surface area contributed by atoms with E-state index in [0.29, 0.717) is 0 Å². The molecule has 0 bridgehead atoms. The van der Waals surface area contributed by atoms with Gasteiger partial charge in [0.05, 0.1) is 14.6 Å². The second kappa shape index (κ2) is 6.40. The lowest BCUT2D eigenvalue weighted by atomic mass is 10.1. The molecule has 0 radical (unpaired) electrons. The molecule has 24 heavy (non-hydrogen) atoms. The highest BCUT2D eigenvalue weighted by molar-refractivity contribution is 7.22. The second-order valence-corrected chi connectivity index (χ2v) is 8.29. The number of allylic oxidation sites excluding steroid dienone is 1. The Balaban J connectivity index is 1.67. The average Bonchev–Trinajstić information content (AvgIpc) is 3.06. The van der Waals surface area contributed by atoms with Crippen molar-refractivity contribution in [2.75, 3.05) is 13.6 Å². The zero-order chi connectivity index (χ0) is 16.7. The summed E-state index contributed by atoms with van der Waals surface area (Å²) in [5.41, 5.74) is 6.80. The maximum absolute atomic E-state index is 6.29. The SMILES string of the molecule is Cc1ccc(C=CCn2c3c(c4sc(Cl)cc42)CN(C)CC3)cc1. The molecule has 1 aromatic carbocycles. The number of aryl methyl sites for hydroxylation is 1. The second-order valence-electron chi connectivity index (χ2n) is 6.60. The summed E-state index contributed by atoms with van der Waals surface area (Å²) in [4.78, 5) is 2.39. The van der Waals surface area contributed by atoms with Gasteiger partial charge in [-0.2, -0.15) is 0 Å². The first-order chi connectivity index (χ1) is 11.6. The van der Waals surface area contributed by atoms with Crippen LogP contribution in [-0.2, 0) is 19.5 Å². The normalized spacial score (nSPS) is 15.5. The Morgan fingerprint density at radius 2 is 2.04 bits per heavy atom. The molecule has 0 atom stereocenters. The van der Waals surface area contributed by atoms with Gasteiger partial charge in [-0.3, -0.25) is 0 Å². The molecule has 0 unspecified atom stereocenters. The Kier molecular flexibility index (Phi) is 4.25. The van der Waals surface area contributed by atoms with Crippen molar-refractivity contribution >= 4 is 39.2 Å². The van der Waals surface area contributed by atoms with Gasteiger partial charge in [-0.25, -0.2) is 0 Å². The van der Waals surface area contributed by atoms with E-state index >= 15 is 0 Å². The summed E-state index contributed by atoms with van der Waals surface area (Å²) in [6.07, 6.45) is 5.58. The van der Waals surface area contributed by atoms with E-state index in [-0.39, 0.29) is 0 Å². The molecular weight excluding hydrogens is 336 g/mol. The van der Waals surface area contributed by atoms with Crippen molar-refractivity contribution < 1.29 is 0 Å². The minimum atomic E-state index is 0.882. The van der Waals surface area contributed by atoms with Crippen molar-refractivity contribution in [3.8, 4) is 0 Å². The summed E-state index contributed by atoms with van der Waals surface area (Å²) >= 11 is 8.01. The Morgan fingerprint density at radius 1 is 1.25 bits per heavy atom. The van der Waals surface area contributed by atoms with Crippen LogP contribution >= 0.6 is 22.9 Å². The van der Waals surface area contributed by atoms with Gasteiger partial charge < -0.3 is 9.47 Å². The van der Waals surface area contributed by atoms with Crippen molar-refractivity contribution in [3.63, 3.8) is 0 Å². The molecule has 2 aromatic heterocycles. The summed E-state index contributed by atoms with van der Waals surface area (Å²) in [5, 5.41) is 0. The summed E-state index contributed by atoms with van der Waals surface area (Å²) in [6.45, 7) is 5.17. The molecule has 0 fully saturated rings. The van der Waals surface area contributed by atoms with Crippen molar-refractivity contribution in [2.24, 2.45) is 0 Å². The Morgan fingerprint density at radius 3 is 2.83 bits per heavy atom. The number of likely N-dealkylation sites (N-methyl/N-ethyl adjacent to an activating group) is 1. The fourth-order valence-corrected chi connectivity index (χ4v) is 4.76. The molecule has 1 aliphatic rings. The predicted octanol–water partition coefficient (Wildman–Crippen LogP) is 5.37. The van der Waals surface area contributed by atoms with Gasteiger partial charge >= 0.3 is 0 Å². The van der Waals surface area contributed by atoms with Gasteiger partial charge in [0.25, 0.3) is 0 Å². The van der Waals surface area contributed by atoms with Crippen molar-refractivity contribution in [1.29, 1.82) is 0 Å². The fourth-order valence-electron chi connectivity index (χ4n) is 3.48. The van der Waals surface area contributed by atoms with Crippen LogP contribution in [0.1, 0.15) is 22.4 Å². The minimum absolute atomic E-state index is 0.882. The number of fused-ring (bicyclic) bond motifs is 3. The quantitative estimate of drug-likeness (QED) is 0.612. The highest BCUT2D eigenvalue weighted by Crippen LogP contribution is 2.38. The van der Waals surface area contributed by atoms with Crippen LogP contribution in [0.5, 0.6) is 0 Å². The molecule has 0 saturated heterocycles. The van der Waals surface area contributed by atoms with Crippen LogP contribution in [-0.4, -0.2) is 23.1 Å². The molecule has 0 N–H and O–H groups in total. The van der Waals surface area contributed by atoms with Gasteiger partial charge in [-0.05, 0) is 25.6 Å². The first kappa shape index (κ1) is 15.9. The first-order valence-corrected chi connectivity index (χ1v) is 9.52. The highest BCUT2D eigenvalue weighted by atomic mass is 35.5. The molecule has 4 heteroatoms. The standard InChI is InChI=1S/C20H21ClN2S/c1-14-5-7-15(8-6-14)4-3-10-23-17-9-11-22(2)13-16(17)20-18(23)12-19(21)24-20/h3-8,12H,9-11,13H2,1-2H3. The maximum atomic E-state index is 6.29. The number of rotatable bonds is 3. The number of nitrogens with zero attached hydrogens (tertiary/aromatic N) is 2. The van der Waals surface area contributed by atoms with Crippen molar-refractivity contribution in [2.45, 2.75) is 26.4 Å². The van der Waals surface area contributed by atoms with E-state index in [9.17, 15) is 0 Å². The molecule has 4 rings (SSSR count). The molecule has 2 nitrogen and oxygen atoms in total. The molecule has 124 valence electrons. The lowest BCUT2D eigenvalue weighted by Gasteiger charge is -2.24. The van der Waals surface area contributed by atoms with E-state index in [1.54, 1.807) is 11.3 Å². The van der Waals surface area contributed by atoms with Gasteiger partial charge in [0.15, 0.2) is 0 Å². The van der Waals surface area contributed by atoms with Gasteiger partial charge in [0.2, 0.25) is 0 Å². The third-order valence-electron chi connectivity index (χ3n) is 4.76. The molecule has 0 amide bonds. The molecule has 3 heterocycles. The van der Waals surface area contributed by atoms with Gasteiger partial charge in [0.1, 0.15) is 0 Å². The smallest absolute Gasteiger partial charge is 0.0956 e. The molecule has 0 aliphatic carbocycles. The van der Waals surface area contributed by atoms with E-state index in [1.165, 1.54) is 32.6 Å². The lowest BCUT2D eigenvalue weighted by Crippen LogP contribution is -2.27. The van der Waals surface area contributed by atoms with Gasteiger partial charge in [-0.1, -0.05) is 53.6 Å². The summed E-state index contributed by atoms with van der Waals surface area (Å²) < 4.78 is 4.70. The van der Waals surface area contributed by atoms with Crippen LogP contribution in [0, 0.1) is 6.92 Å². The molecular formula is C20H21ClN2S. The highest BCUT2D eigenvalue weighted by Gasteiger charge is 2.23. The number of hydrogen-bond donors (Lipinski definition) is 0. The number of benzene rings is 1. The number of thiophene rings is 1. The third-order valence-corrected chi connectivity index (χ3v) is 6.07. The van der Waals surface area contributed by atoms with Crippen molar-refractivity contribution in [3.05, 3.63) is 63.1 Å². The minimum Gasteiger partial charge on any atom is -0.340 e. The summed E-state index contributed by atoms with van der Waals surface area (Å²) in [7, 11) is 2.19. The van der Waals surface area contributed by atoms with Crippen molar-refractivity contribution in [1.82, 2.24) is 9.47 Å². The zero-order valence-corrected chi connectivity index (χ0v) is 15.6. The van der Waals surface area contributed by atoms with E-state index < -0.39 is 0 Å². The monoisotopic (exact) mass is 356 g/mol. The summed E-state index contributed by atoms with van der Waals surface area (Å²) in [6, 6.07) is 10.8. The van der Waals surface area contributed by atoms with Crippen LogP contribution in [0.3, 0.4) is 0 Å². The Labute approximate surface area is 152 Å². The predicted molar refractivity (Wildman–Crippen MR) is 105 cm³/mol. The molecule has 3 aromatic rings. The molecule has 1 aliphatic heterocycles.